The number of hydrogen-bond acceptors (Lipinski definition) is 5. The molecule has 0 aliphatic heterocycles. The molecule has 1 aromatic carbocycles. The lowest BCUT2D eigenvalue weighted by molar-refractivity contribution is -0.124. The number of hydrogen-bond donors (Lipinski definition) is 2. The Kier molecular flexibility index (Phi) is 5.84. The van der Waals surface area contributed by atoms with Gasteiger partial charge in [0.15, 0.2) is 6.61 Å². The molecule has 0 radical (unpaired) electrons. The first-order valence-corrected chi connectivity index (χ1v) is 9.30. The van der Waals surface area contributed by atoms with Crippen molar-refractivity contribution in [1.29, 1.82) is 0 Å². The maximum Gasteiger partial charge on any atom is 0.338 e. The van der Waals surface area contributed by atoms with Gasteiger partial charge in [0, 0.05) is 6.04 Å². The normalized spacial score (nSPS) is 15.6. The van der Waals surface area contributed by atoms with Crippen molar-refractivity contribution in [1.82, 2.24) is 10.0 Å². The summed E-state index contributed by atoms with van der Waals surface area (Å²) in [5.74, 6) is -0.691. The molecule has 2 rings (SSSR count). The number of amides is 1. The van der Waals surface area contributed by atoms with Crippen molar-refractivity contribution < 1.29 is 22.7 Å². The van der Waals surface area contributed by atoms with Crippen LogP contribution < -0.4 is 10.0 Å². The van der Waals surface area contributed by atoms with Gasteiger partial charge in [-0.1, -0.05) is 11.6 Å². The Morgan fingerprint density at radius 3 is 2.62 bits per heavy atom. The maximum atomic E-state index is 12.0. The molecule has 7 nitrogen and oxygen atoms in total. The molecule has 1 aromatic rings. The van der Waals surface area contributed by atoms with Crippen molar-refractivity contribution in [3.63, 3.8) is 0 Å². The van der Waals surface area contributed by atoms with Crippen molar-refractivity contribution in [2.75, 3.05) is 13.7 Å². The summed E-state index contributed by atoms with van der Waals surface area (Å²) >= 11 is 5.85. The molecular formula is C15H19ClN2O5S. The number of sulfonamides is 1. The average Bonchev–Trinajstić information content (AvgIpc) is 3.37. The van der Waals surface area contributed by atoms with Crippen molar-refractivity contribution in [3.8, 4) is 0 Å². The van der Waals surface area contributed by atoms with Crippen LogP contribution in [0.2, 0.25) is 5.02 Å². The fraction of sp³-hybridized carbons (Fsp3) is 0.467. The molecule has 9 heteroatoms. The minimum absolute atomic E-state index is 0.00346. The zero-order chi connectivity index (χ0) is 17.9. The lowest BCUT2D eigenvalue weighted by atomic mass is 10.2. The zero-order valence-corrected chi connectivity index (χ0v) is 14.9. The molecule has 1 atom stereocenters. The predicted octanol–water partition coefficient (Wildman–Crippen LogP) is 1.32. The van der Waals surface area contributed by atoms with Gasteiger partial charge in [-0.25, -0.2) is 17.9 Å². The molecule has 2 N–H and O–H groups in total. The Morgan fingerprint density at radius 1 is 1.38 bits per heavy atom. The number of benzene rings is 1. The average molecular weight is 375 g/mol. The van der Waals surface area contributed by atoms with Crippen LogP contribution in [0.15, 0.2) is 23.1 Å². The largest absolute Gasteiger partial charge is 0.452 e. The van der Waals surface area contributed by atoms with E-state index in [1.165, 1.54) is 19.2 Å². The molecule has 1 amide bonds. The van der Waals surface area contributed by atoms with Crippen LogP contribution in [0.25, 0.3) is 0 Å². The quantitative estimate of drug-likeness (QED) is 0.701. The van der Waals surface area contributed by atoms with Gasteiger partial charge in [-0.05, 0) is 50.9 Å². The number of halogens is 1. The lowest BCUT2D eigenvalue weighted by Crippen LogP contribution is -2.37. The second-order valence-corrected chi connectivity index (χ2v) is 7.88. The highest BCUT2D eigenvalue weighted by Gasteiger charge is 2.29. The van der Waals surface area contributed by atoms with E-state index in [4.69, 9.17) is 16.3 Å². The van der Waals surface area contributed by atoms with Gasteiger partial charge < -0.3 is 10.1 Å². The number of esters is 1. The van der Waals surface area contributed by atoms with Crippen LogP contribution in [0.1, 0.15) is 30.1 Å². The monoisotopic (exact) mass is 374 g/mol. The molecule has 1 aliphatic rings. The van der Waals surface area contributed by atoms with Crippen molar-refractivity contribution in [3.05, 3.63) is 28.8 Å². The van der Waals surface area contributed by atoms with Crippen LogP contribution in [0.5, 0.6) is 0 Å². The first-order valence-electron chi connectivity index (χ1n) is 7.44. The third-order valence-corrected chi connectivity index (χ3v) is 5.67. The van der Waals surface area contributed by atoms with Crippen LogP contribution >= 0.6 is 11.6 Å². The number of nitrogens with one attached hydrogen (secondary N) is 2. The number of carbonyl (C=O) groups excluding carboxylic acids is 2. The Balaban J connectivity index is 1.99. The summed E-state index contributed by atoms with van der Waals surface area (Å²) in [6.45, 7) is 1.48. The number of carbonyl (C=O) groups is 2. The third kappa shape index (κ3) is 4.68. The molecule has 0 aromatic heterocycles. The highest BCUT2D eigenvalue weighted by Crippen LogP contribution is 2.32. The van der Waals surface area contributed by atoms with Gasteiger partial charge in [0.1, 0.15) is 4.90 Å². The first kappa shape index (κ1) is 18.7. The summed E-state index contributed by atoms with van der Waals surface area (Å²) in [5.41, 5.74) is -0.00346. The van der Waals surface area contributed by atoms with E-state index in [0.717, 1.165) is 18.9 Å². The van der Waals surface area contributed by atoms with E-state index < -0.39 is 22.6 Å². The summed E-state index contributed by atoms with van der Waals surface area (Å²) in [6, 6.07) is 3.79. The number of ether oxygens (including phenoxy) is 1. The van der Waals surface area contributed by atoms with Crippen LogP contribution in [0.3, 0.4) is 0 Å². The fourth-order valence-electron chi connectivity index (χ4n) is 2.17. The second-order valence-electron chi connectivity index (χ2n) is 5.62. The van der Waals surface area contributed by atoms with Gasteiger partial charge in [-0.15, -0.1) is 0 Å². The summed E-state index contributed by atoms with van der Waals surface area (Å²) in [5, 5.41) is 2.74. The predicted molar refractivity (Wildman–Crippen MR) is 88.3 cm³/mol. The Morgan fingerprint density at radius 2 is 2.04 bits per heavy atom. The highest BCUT2D eigenvalue weighted by molar-refractivity contribution is 7.89. The van der Waals surface area contributed by atoms with Gasteiger partial charge in [-0.2, -0.15) is 0 Å². The van der Waals surface area contributed by atoms with Crippen molar-refractivity contribution in [2.24, 2.45) is 5.92 Å². The van der Waals surface area contributed by atoms with E-state index in [-0.39, 0.29) is 27.4 Å². The molecular weight excluding hydrogens is 356 g/mol. The molecule has 0 spiro atoms. The molecule has 1 saturated carbocycles. The molecule has 132 valence electrons. The van der Waals surface area contributed by atoms with Gasteiger partial charge in [-0.3, -0.25) is 4.79 Å². The maximum absolute atomic E-state index is 12.0. The van der Waals surface area contributed by atoms with Crippen LogP contribution in [0.4, 0.5) is 0 Å². The summed E-state index contributed by atoms with van der Waals surface area (Å²) in [6.07, 6.45) is 2.18. The molecule has 0 saturated heterocycles. The van der Waals surface area contributed by atoms with Crippen molar-refractivity contribution >= 4 is 33.5 Å². The van der Waals surface area contributed by atoms with E-state index in [1.54, 1.807) is 0 Å². The van der Waals surface area contributed by atoms with Crippen LogP contribution in [-0.2, 0) is 19.6 Å². The Bertz CT molecular complexity index is 746. The van der Waals surface area contributed by atoms with Crippen LogP contribution in [0, 0.1) is 5.92 Å². The summed E-state index contributed by atoms with van der Waals surface area (Å²) in [4.78, 5) is 23.5. The standard InChI is InChI=1S/C15H19ClN2O5S/c1-9(10-3-4-10)18-14(19)8-23-15(20)11-5-6-12(16)13(7-11)24(21,22)17-2/h5-7,9-10,17H,3-4,8H2,1-2H3,(H,18,19)/t9-/m1/s1. The van der Waals surface area contributed by atoms with Gasteiger partial charge >= 0.3 is 5.97 Å². The molecule has 1 aliphatic carbocycles. The van der Waals surface area contributed by atoms with Crippen molar-refractivity contribution in [2.45, 2.75) is 30.7 Å². The first-order chi connectivity index (χ1) is 11.2. The van der Waals surface area contributed by atoms with E-state index in [1.807, 2.05) is 6.92 Å². The second kappa shape index (κ2) is 7.50. The van der Waals surface area contributed by atoms with Gasteiger partial charge in [0.05, 0.1) is 10.6 Å². The Labute approximate surface area is 145 Å². The molecule has 0 heterocycles. The third-order valence-electron chi connectivity index (χ3n) is 3.78. The summed E-state index contributed by atoms with van der Waals surface area (Å²) < 4.78 is 30.7. The molecule has 24 heavy (non-hydrogen) atoms. The Hall–Kier alpha value is -1.64. The minimum Gasteiger partial charge on any atom is -0.452 e. The smallest absolute Gasteiger partial charge is 0.338 e. The topological polar surface area (TPSA) is 102 Å². The minimum atomic E-state index is -3.80. The SMILES string of the molecule is CNS(=O)(=O)c1cc(C(=O)OCC(=O)N[C@H](C)C2CC2)ccc1Cl. The van der Waals surface area contributed by atoms with E-state index in [2.05, 4.69) is 10.0 Å². The number of rotatable bonds is 7. The fourth-order valence-corrected chi connectivity index (χ4v) is 3.42. The van der Waals surface area contributed by atoms with Gasteiger partial charge in [0.25, 0.3) is 5.91 Å². The molecule has 0 bridgehead atoms. The highest BCUT2D eigenvalue weighted by atomic mass is 35.5. The van der Waals surface area contributed by atoms with Gasteiger partial charge in [0.2, 0.25) is 10.0 Å². The van der Waals surface area contributed by atoms with E-state index in [9.17, 15) is 18.0 Å². The molecule has 0 unspecified atom stereocenters. The zero-order valence-electron chi connectivity index (χ0n) is 13.3. The molecule has 1 fully saturated rings. The van der Waals surface area contributed by atoms with E-state index in [0.29, 0.717) is 5.92 Å². The lowest BCUT2D eigenvalue weighted by Gasteiger charge is -2.13. The van der Waals surface area contributed by atoms with E-state index >= 15 is 0 Å². The van der Waals surface area contributed by atoms with Crippen LogP contribution in [-0.4, -0.2) is 40.0 Å². The summed E-state index contributed by atoms with van der Waals surface area (Å²) in [7, 11) is -2.57.